The number of alkyl halides is 1. The van der Waals surface area contributed by atoms with Gasteiger partial charge in [-0.1, -0.05) is 0 Å². The zero-order chi connectivity index (χ0) is 15.8. The van der Waals surface area contributed by atoms with Crippen molar-refractivity contribution in [1.82, 2.24) is 4.90 Å². The number of rotatable bonds is 8. The molecule has 0 amide bonds. The number of ether oxygens (including phenoxy) is 2. The van der Waals surface area contributed by atoms with Crippen molar-refractivity contribution in [3.63, 3.8) is 0 Å². The van der Waals surface area contributed by atoms with Gasteiger partial charge < -0.3 is 19.5 Å². The third-order valence-electron chi connectivity index (χ3n) is 2.48. The number of aliphatic imine (C=N–C) groups is 1. The van der Waals surface area contributed by atoms with Crippen LogP contribution in [0.5, 0.6) is 11.5 Å². The second-order valence-corrected chi connectivity index (χ2v) is 4.80. The van der Waals surface area contributed by atoms with Gasteiger partial charge in [-0.15, -0.1) is 11.6 Å². The maximum Gasteiger partial charge on any atom is 0.338 e. The predicted octanol–water partition coefficient (Wildman–Crippen LogP) is 2.62. The molecule has 6 nitrogen and oxygen atoms in total. The normalized spacial score (nSPS) is 10.7. The molecular formula is C14H19ClN2O4. The number of carboxylic acids is 1. The number of hydrogen-bond donors (Lipinski definition) is 1. The standard InChI is InChI=1S/C14H19ClN2O4/c1-17(2)9-16-11-8-12(20-3)13(21-6-4-5-15)7-10(11)14(18)19/h7-9H,4-6H2,1-3H3,(H,18,19). The van der Waals surface area contributed by atoms with Crippen LogP contribution in [0.3, 0.4) is 0 Å². The summed E-state index contributed by atoms with van der Waals surface area (Å²) < 4.78 is 10.7. The summed E-state index contributed by atoms with van der Waals surface area (Å²) in [6.45, 7) is 0.388. The summed E-state index contributed by atoms with van der Waals surface area (Å²) >= 11 is 5.59. The Bertz CT molecular complexity index is 518. The fourth-order valence-corrected chi connectivity index (χ4v) is 1.62. The minimum Gasteiger partial charge on any atom is -0.493 e. The molecule has 1 N–H and O–H groups in total. The van der Waals surface area contributed by atoms with Crippen molar-refractivity contribution in [1.29, 1.82) is 0 Å². The average molecular weight is 315 g/mol. The summed E-state index contributed by atoms with van der Waals surface area (Å²) in [5.74, 6) is 0.189. The maximum atomic E-state index is 11.3. The van der Waals surface area contributed by atoms with Gasteiger partial charge in [-0.05, 0) is 6.42 Å². The largest absolute Gasteiger partial charge is 0.493 e. The second-order valence-electron chi connectivity index (χ2n) is 4.42. The molecule has 0 aliphatic heterocycles. The molecule has 1 rings (SSSR count). The summed E-state index contributed by atoms with van der Waals surface area (Å²) in [6, 6.07) is 2.96. The Morgan fingerprint density at radius 2 is 2.14 bits per heavy atom. The van der Waals surface area contributed by atoms with E-state index in [1.54, 1.807) is 25.1 Å². The Kier molecular flexibility index (Phi) is 6.81. The summed E-state index contributed by atoms with van der Waals surface area (Å²) in [4.78, 5) is 17.2. The Morgan fingerprint density at radius 1 is 1.43 bits per heavy atom. The lowest BCUT2D eigenvalue weighted by Crippen LogP contribution is -2.08. The molecule has 116 valence electrons. The zero-order valence-corrected chi connectivity index (χ0v) is 13.1. The molecule has 0 saturated carbocycles. The average Bonchev–Trinajstić information content (AvgIpc) is 2.45. The number of carboxylic acid groups (broad SMARTS) is 1. The fraction of sp³-hybridized carbons (Fsp3) is 0.429. The fourth-order valence-electron chi connectivity index (χ4n) is 1.51. The number of nitrogens with zero attached hydrogens (tertiary/aromatic N) is 2. The van der Waals surface area contributed by atoms with Crippen LogP contribution in [0.25, 0.3) is 0 Å². The molecule has 0 aromatic heterocycles. The van der Waals surface area contributed by atoms with Gasteiger partial charge >= 0.3 is 5.97 Å². The molecule has 0 atom stereocenters. The van der Waals surface area contributed by atoms with Gasteiger partial charge in [0.1, 0.15) is 0 Å². The van der Waals surface area contributed by atoms with Gasteiger partial charge in [-0.3, -0.25) is 0 Å². The lowest BCUT2D eigenvalue weighted by atomic mass is 10.1. The van der Waals surface area contributed by atoms with Gasteiger partial charge in [0.05, 0.1) is 31.3 Å². The van der Waals surface area contributed by atoms with Crippen molar-refractivity contribution in [3.05, 3.63) is 17.7 Å². The lowest BCUT2D eigenvalue weighted by molar-refractivity contribution is 0.0697. The van der Waals surface area contributed by atoms with E-state index >= 15 is 0 Å². The van der Waals surface area contributed by atoms with Crippen LogP contribution in [-0.2, 0) is 0 Å². The number of hydrogen-bond acceptors (Lipinski definition) is 4. The van der Waals surface area contributed by atoms with E-state index in [1.807, 2.05) is 0 Å². The number of methoxy groups -OCH3 is 1. The molecule has 0 unspecified atom stereocenters. The quantitative estimate of drug-likeness (QED) is 0.346. The van der Waals surface area contributed by atoms with E-state index in [0.29, 0.717) is 36.1 Å². The van der Waals surface area contributed by atoms with E-state index in [2.05, 4.69) is 4.99 Å². The van der Waals surface area contributed by atoms with Crippen LogP contribution in [0.1, 0.15) is 16.8 Å². The third-order valence-corrected chi connectivity index (χ3v) is 2.74. The van der Waals surface area contributed by atoms with Crippen LogP contribution < -0.4 is 9.47 Å². The van der Waals surface area contributed by atoms with Crippen molar-refractivity contribution in [2.75, 3.05) is 33.7 Å². The number of carbonyl (C=O) groups is 1. The molecule has 21 heavy (non-hydrogen) atoms. The van der Waals surface area contributed by atoms with E-state index in [-0.39, 0.29) is 5.56 Å². The minimum absolute atomic E-state index is 0.0507. The van der Waals surface area contributed by atoms with Crippen LogP contribution in [0.4, 0.5) is 5.69 Å². The van der Waals surface area contributed by atoms with Crippen molar-refractivity contribution in [2.24, 2.45) is 4.99 Å². The Morgan fingerprint density at radius 3 is 2.67 bits per heavy atom. The molecule has 0 heterocycles. The van der Waals surface area contributed by atoms with Crippen molar-refractivity contribution in [3.8, 4) is 11.5 Å². The van der Waals surface area contributed by atoms with Crippen LogP contribution in [-0.4, -0.2) is 56.0 Å². The van der Waals surface area contributed by atoms with Gasteiger partial charge in [0.15, 0.2) is 11.5 Å². The zero-order valence-electron chi connectivity index (χ0n) is 12.3. The maximum absolute atomic E-state index is 11.3. The number of aromatic carboxylic acids is 1. The molecule has 1 aromatic rings. The third kappa shape index (κ3) is 5.15. The highest BCUT2D eigenvalue weighted by Crippen LogP contribution is 2.35. The first-order chi connectivity index (χ1) is 9.99. The van der Waals surface area contributed by atoms with Crippen molar-refractivity contribution in [2.45, 2.75) is 6.42 Å². The first-order valence-corrected chi connectivity index (χ1v) is 6.87. The van der Waals surface area contributed by atoms with Gasteiger partial charge in [-0.25, -0.2) is 9.79 Å². The van der Waals surface area contributed by atoms with E-state index < -0.39 is 5.97 Å². The van der Waals surface area contributed by atoms with Crippen LogP contribution in [0.15, 0.2) is 17.1 Å². The summed E-state index contributed by atoms with van der Waals surface area (Å²) in [5, 5.41) is 9.29. The predicted molar refractivity (Wildman–Crippen MR) is 82.6 cm³/mol. The highest BCUT2D eigenvalue weighted by Gasteiger charge is 2.16. The lowest BCUT2D eigenvalue weighted by Gasteiger charge is -2.13. The van der Waals surface area contributed by atoms with Crippen molar-refractivity contribution >= 4 is 29.6 Å². The molecule has 0 saturated heterocycles. The van der Waals surface area contributed by atoms with E-state index in [4.69, 9.17) is 21.1 Å². The number of halogens is 1. The van der Waals surface area contributed by atoms with Gasteiger partial charge in [0.2, 0.25) is 0 Å². The molecule has 1 aromatic carbocycles. The second kappa shape index (κ2) is 8.36. The molecule has 0 aliphatic rings. The van der Waals surface area contributed by atoms with Gasteiger partial charge in [-0.2, -0.15) is 0 Å². The van der Waals surface area contributed by atoms with E-state index in [9.17, 15) is 9.90 Å². The first-order valence-electron chi connectivity index (χ1n) is 6.34. The molecule has 0 radical (unpaired) electrons. The molecule has 0 aliphatic carbocycles. The Balaban J connectivity index is 3.17. The summed E-state index contributed by atoms with van der Waals surface area (Å²) in [5.41, 5.74) is 0.354. The Hall–Kier alpha value is -1.95. The number of benzene rings is 1. The van der Waals surface area contributed by atoms with Crippen LogP contribution in [0.2, 0.25) is 0 Å². The molecular weight excluding hydrogens is 296 g/mol. The smallest absolute Gasteiger partial charge is 0.338 e. The first kappa shape index (κ1) is 17.1. The highest BCUT2D eigenvalue weighted by atomic mass is 35.5. The SMILES string of the molecule is COc1cc(N=CN(C)C)c(C(=O)O)cc1OCCCCl. The molecule has 0 fully saturated rings. The molecule has 7 heteroatoms. The van der Waals surface area contributed by atoms with Gasteiger partial charge in [0.25, 0.3) is 0 Å². The van der Waals surface area contributed by atoms with Crippen molar-refractivity contribution < 1.29 is 19.4 Å². The topological polar surface area (TPSA) is 71.4 Å². The van der Waals surface area contributed by atoms with Crippen LogP contribution in [0, 0.1) is 0 Å². The molecule has 0 bridgehead atoms. The Labute approximate surface area is 128 Å². The summed E-state index contributed by atoms with van der Waals surface area (Å²) in [7, 11) is 5.08. The van der Waals surface area contributed by atoms with Gasteiger partial charge in [0, 0.05) is 32.1 Å². The van der Waals surface area contributed by atoms with E-state index in [0.717, 1.165) is 0 Å². The monoisotopic (exact) mass is 314 g/mol. The van der Waals surface area contributed by atoms with Crippen LogP contribution >= 0.6 is 11.6 Å². The highest BCUT2D eigenvalue weighted by molar-refractivity contribution is 6.17. The van der Waals surface area contributed by atoms with E-state index in [1.165, 1.54) is 19.5 Å². The molecule has 0 spiro atoms. The summed E-state index contributed by atoms with van der Waals surface area (Å²) in [6.07, 6.45) is 2.18. The minimum atomic E-state index is -1.08.